The van der Waals surface area contributed by atoms with Crippen molar-refractivity contribution in [2.24, 2.45) is 5.92 Å². The van der Waals surface area contributed by atoms with E-state index in [0.29, 0.717) is 11.8 Å². The van der Waals surface area contributed by atoms with E-state index in [1.807, 2.05) is 19.1 Å². The lowest BCUT2D eigenvalue weighted by Crippen LogP contribution is -2.35. The van der Waals surface area contributed by atoms with Crippen molar-refractivity contribution in [2.45, 2.75) is 51.6 Å². The van der Waals surface area contributed by atoms with Crippen molar-refractivity contribution in [3.63, 3.8) is 0 Å². The minimum atomic E-state index is -0.300. The number of hydrogen-bond donors (Lipinski definition) is 2. The molecule has 2 aromatic rings. The van der Waals surface area contributed by atoms with Crippen LogP contribution in [0, 0.1) is 11.7 Å². The van der Waals surface area contributed by atoms with Gasteiger partial charge in [0.1, 0.15) is 5.82 Å². The highest BCUT2D eigenvalue weighted by molar-refractivity contribution is 5.60. The monoisotopic (exact) mass is 370 g/mol. The van der Waals surface area contributed by atoms with Gasteiger partial charge in [0.15, 0.2) is 0 Å². The molecule has 2 atom stereocenters. The van der Waals surface area contributed by atoms with Gasteiger partial charge in [-0.15, -0.1) is 0 Å². The van der Waals surface area contributed by atoms with E-state index in [4.69, 9.17) is 5.73 Å². The maximum absolute atomic E-state index is 13.2. The quantitative estimate of drug-likeness (QED) is 0.722. The molecule has 146 valence electrons. The fraction of sp³-hybridized carbons (Fsp3) is 0.478. The number of hydrogen-bond acceptors (Lipinski definition) is 3. The molecule has 0 spiro atoms. The van der Waals surface area contributed by atoms with Crippen LogP contribution in [0.1, 0.15) is 50.2 Å². The van der Waals surface area contributed by atoms with E-state index >= 15 is 0 Å². The Morgan fingerprint density at radius 1 is 1.11 bits per heavy atom. The van der Waals surface area contributed by atoms with Crippen molar-refractivity contribution in [1.29, 1.82) is 0 Å². The zero-order chi connectivity index (χ0) is 19.4. The van der Waals surface area contributed by atoms with Crippen LogP contribution in [-0.2, 0) is 6.42 Å². The molecule has 0 aliphatic carbocycles. The zero-order valence-electron chi connectivity index (χ0n) is 16.4. The number of benzene rings is 2. The third kappa shape index (κ3) is 5.01. The summed E-state index contributed by atoms with van der Waals surface area (Å²) in [6.07, 6.45) is 3.49. The molecular formula is C23H31FN2O. The Hall–Kier alpha value is -2.07. The molecule has 0 amide bonds. The predicted molar refractivity (Wildman–Crippen MR) is 111 cm³/mol. The van der Waals surface area contributed by atoms with Crippen LogP contribution >= 0.6 is 0 Å². The second-order valence-corrected chi connectivity index (χ2v) is 7.94. The van der Waals surface area contributed by atoms with Crippen LogP contribution in [0.3, 0.4) is 0 Å². The molecule has 0 bridgehead atoms. The topological polar surface area (TPSA) is 49.5 Å². The lowest BCUT2D eigenvalue weighted by Gasteiger charge is -2.36. The number of aliphatic hydroxyl groups excluding tert-OH is 1. The first-order valence-electron chi connectivity index (χ1n) is 10.0. The highest BCUT2D eigenvalue weighted by Crippen LogP contribution is 2.34. The first kappa shape index (κ1) is 19.7. The van der Waals surface area contributed by atoms with Crippen molar-refractivity contribution in [3.8, 4) is 0 Å². The van der Waals surface area contributed by atoms with E-state index in [2.05, 4.69) is 30.0 Å². The van der Waals surface area contributed by atoms with Crippen LogP contribution in [0.15, 0.2) is 42.5 Å². The first-order valence-corrected chi connectivity index (χ1v) is 10.0. The number of nitrogen functional groups attached to an aromatic ring is 1. The van der Waals surface area contributed by atoms with Gasteiger partial charge in [-0.25, -0.2) is 4.39 Å². The fourth-order valence-electron chi connectivity index (χ4n) is 4.07. The van der Waals surface area contributed by atoms with Crippen LogP contribution < -0.4 is 10.6 Å². The summed E-state index contributed by atoms with van der Waals surface area (Å²) in [6, 6.07) is 13.3. The predicted octanol–water partition coefficient (Wildman–Crippen LogP) is 4.74. The van der Waals surface area contributed by atoms with Crippen LogP contribution in [0.5, 0.6) is 0 Å². The van der Waals surface area contributed by atoms with E-state index in [9.17, 15) is 9.50 Å². The Balaban J connectivity index is 1.58. The molecule has 3 rings (SSSR count). The molecule has 1 saturated heterocycles. The molecule has 3 N–H and O–H groups in total. The maximum Gasteiger partial charge on any atom is 0.123 e. The van der Waals surface area contributed by atoms with Gasteiger partial charge in [0, 0.05) is 24.5 Å². The maximum atomic E-state index is 13.2. The molecule has 1 fully saturated rings. The van der Waals surface area contributed by atoms with Crippen molar-refractivity contribution < 1.29 is 9.50 Å². The second kappa shape index (κ2) is 8.75. The summed E-state index contributed by atoms with van der Waals surface area (Å²) in [5, 5.41) is 9.46. The molecule has 2 aromatic carbocycles. The zero-order valence-corrected chi connectivity index (χ0v) is 16.4. The van der Waals surface area contributed by atoms with Crippen LogP contribution in [0.2, 0.25) is 0 Å². The molecule has 1 aliphatic heterocycles. The van der Waals surface area contributed by atoms with E-state index < -0.39 is 0 Å². The van der Waals surface area contributed by atoms with E-state index in [-0.39, 0.29) is 11.9 Å². The van der Waals surface area contributed by atoms with Crippen molar-refractivity contribution in [1.82, 2.24) is 0 Å². The molecule has 1 aliphatic rings. The van der Waals surface area contributed by atoms with Gasteiger partial charge in [-0.05, 0) is 79.8 Å². The van der Waals surface area contributed by atoms with E-state index in [0.717, 1.165) is 50.0 Å². The summed E-state index contributed by atoms with van der Waals surface area (Å²) in [7, 11) is 0. The SMILES string of the molecule is CC(O)CCc1ccc(N2CCC(C(C)c3ccc(F)cc3)CC2)cc1N. The Labute approximate surface area is 162 Å². The molecular weight excluding hydrogens is 339 g/mol. The minimum absolute atomic E-state index is 0.171. The smallest absolute Gasteiger partial charge is 0.123 e. The molecule has 4 heteroatoms. The number of aryl methyl sites for hydroxylation is 1. The van der Waals surface area contributed by atoms with Gasteiger partial charge in [-0.1, -0.05) is 25.1 Å². The Morgan fingerprint density at radius 2 is 1.78 bits per heavy atom. The fourth-order valence-corrected chi connectivity index (χ4v) is 4.07. The van der Waals surface area contributed by atoms with Gasteiger partial charge >= 0.3 is 0 Å². The van der Waals surface area contributed by atoms with Gasteiger partial charge in [-0.3, -0.25) is 0 Å². The highest BCUT2D eigenvalue weighted by atomic mass is 19.1. The summed E-state index contributed by atoms with van der Waals surface area (Å²) < 4.78 is 13.2. The van der Waals surface area contributed by atoms with Gasteiger partial charge in [0.25, 0.3) is 0 Å². The number of anilines is 2. The average Bonchev–Trinajstić information content (AvgIpc) is 2.67. The number of rotatable bonds is 6. The Kier molecular flexibility index (Phi) is 6.38. The largest absolute Gasteiger partial charge is 0.398 e. The lowest BCUT2D eigenvalue weighted by atomic mass is 9.81. The van der Waals surface area contributed by atoms with E-state index in [1.54, 1.807) is 12.1 Å². The van der Waals surface area contributed by atoms with Crippen LogP contribution in [0.4, 0.5) is 15.8 Å². The summed E-state index contributed by atoms with van der Waals surface area (Å²) in [6.45, 7) is 6.09. The van der Waals surface area contributed by atoms with Crippen LogP contribution in [-0.4, -0.2) is 24.3 Å². The van der Waals surface area contributed by atoms with Crippen molar-refractivity contribution in [2.75, 3.05) is 23.7 Å². The van der Waals surface area contributed by atoms with Gasteiger partial charge < -0.3 is 15.7 Å². The van der Waals surface area contributed by atoms with Crippen molar-refractivity contribution >= 4 is 11.4 Å². The number of nitrogens with two attached hydrogens (primary N) is 1. The Morgan fingerprint density at radius 3 is 2.37 bits per heavy atom. The number of piperidine rings is 1. The molecule has 2 unspecified atom stereocenters. The molecule has 27 heavy (non-hydrogen) atoms. The summed E-state index contributed by atoms with van der Waals surface area (Å²) in [5.74, 6) is 0.894. The third-order valence-corrected chi connectivity index (χ3v) is 5.97. The first-order chi connectivity index (χ1) is 12.9. The van der Waals surface area contributed by atoms with Gasteiger partial charge in [-0.2, -0.15) is 0 Å². The van der Waals surface area contributed by atoms with E-state index in [1.165, 1.54) is 11.3 Å². The number of nitrogens with zero attached hydrogens (tertiary/aromatic N) is 1. The minimum Gasteiger partial charge on any atom is -0.398 e. The highest BCUT2D eigenvalue weighted by Gasteiger charge is 2.25. The van der Waals surface area contributed by atoms with Gasteiger partial charge in [0.2, 0.25) is 0 Å². The van der Waals surface area contributed by atoms with Crippen LogP contribution in [0.25, 0.3) is 0 Å². The lowest BCUT2D eigenvalue weighted by molar-refractivity contribution is 0.185. The molecule has 3 nitrogen and oxygen atoms in total. The number of aliphatic hydroxyl groups is 1. The molecule has 0 aromatic heterocycles. The summed E-state index contributed by atoms with van der Waals surface area (Å²) in [5.41, 5.74) is 10.6. The third-order valence-electron chi connectivity index (χ3n) is 5.97. The molecule has 1 heterocycles. The normalized spacial score (nSPS) is 17.7. The van der Waals surface area contributed by atoms with Gasteiger partial charge in [0.05, 0.1) is 6.10 Å². The second-order valence-electron chi connectivity index (χ2n) is 7.94. The molecule has 0 saturated carbocycles. The molecule has 0 radical (unpaired) electrons. The Bertz CT molecular complexity index is 737. The standard InChI is InChI=1S/C23H31FN2O/c1-16(27)3-4-20-7-10-22(15-23(20)25)26-13-11-19(12-14-26)17(2)18-5-8-21(24)9-6-18/h5-10,15-17,19,27H,3-4,11-14,25H2,1-2H3. The average molecular weight is 371 g/mol. The summed E-state index contributed by atoms with van der Waals surface area (Å²) in [4.78, 5) is 2.41. The van der Waals surface area contributed by atoms with Crippen molar-refractivity contribution in [3.05, 3.63) is 59.4 Å². The number of halogens is 1. The summed E-state index contributed by atoms with van der Waals surface area (Å²) >= 11 is 0.